The first-order valence-corrected chi connectivity index (χ1v) is 8.31. The topological polar surface area (TPSA) is 94.7 Å². The maximum Gasteiger partial charge on any atom is 0.309 e. The smallest absolute Gasteiger partial charge is 0.309 e. The largest absolute Gasteiger partial charge is 0.481 e. The Hall–Kier alpha value is -2.61. The second-order valence-corrected chi connectivity index (χ2v) is 6.24. The van der Waals surface area contributed by atoms with Gasteiger partial charge in [-0.05, 0) is 19.1 Å². The maximum atomic E-state index is 11.7. The minimum Gasteiger partial charge on any atom is -0.481 e. The highest BCUT2D eigenvalue weighted by atomic mass is 16.4. The third-order valence-electron chi connectivity index (χ3n) is 4.30. The fourth-order valence-electron chi connectivity index (χ4n) is 3.01. The van der Waals surface area contributed by atoms with Crippen molar-refractivity contribution in [2.24, 2.45) is 5.92 Å². The minimum atomic E-state index is -0.808. The van der Waals surface area contributed by atoms with E-state index in [1.807, 2.05) is 30.0 Å². The van der Waals surface area contributed by atoms with Gasteiger partial charge in [-0.3, -0.25) is 9.69 Å². The van der Waals surface area contributed by atoms with Gasteiger partial charge in [0.2, 0.25) is 5.95 Å². The molecule has 0 amide bonds. The van der Waals surface area contributed by atoms with E-state index in [2.05, 4.69) is 20.2 Å². The molecule has 0 aliphatic carbocycles. The highest BCUT2D eigenvalue weighted by Crippen LogP contribution is 2.19. The van der Waals surface area contributed by atoms with Gasteiger partial charge in [0, 0.05) is 45.0 Å². The number of nitrogens with one attached hydrogen (secondary N) is 1. The monoisotopic (exact) mass is 345 g/mol. The molecule has 0 spiro atoms. The molecule has 0 saturated carbocycles. The van der Waals surface area contributed by atoms with Crippen molar-refractivity contribution in [3.05, 3.63) is 35.9 Å². The number of carboxylic acids is 1. The van der Waals surface area contributed by atoms with Crippen LogP contribution in [-0.4, -0.2) is 59.2 Å². The van der Waals surface area contributed by atoms with Crippen LogP contribution in [0.15, 0.2) is 28.9 Å². The number of hydrogen-bond acceptors (Lipinski definition) is 7. The molecular formula is C17H23N5O3. The molecule has 8 heteroatoms. The molecule has 0 radical (unpaired) electrons. The first-order valence-electron chi connectivity index (χ1n) is 8.31. The summed E-state index contributed by atoms with van der Waals surface area (Å²) in [5, 5.41) is 12.6. The lowest BCUT2D eigenvalue weighted by Crippen LogP contribution is -2.35. The van der Waals surface area contributed by atoms with E-state index in [-0.39, 0.29) is 0 Å². The zero-order chi connectivity index (χ0) is 17.8. The SMILES string of the molecule is CNc1cc(C)nc(N2CCN(Cc3ccco3)CC(C(=O)O)C2)n1. The van der Waals surface area contributed by atoms with Gasteiger partial charge >= 0.3 is 5.97 Å². The highest BCUT2D eigenvalue weighted by Gasteiger charge is 2.29. The van der Waals surface area contributed by atoms with Crippen LogP contribution in [0.4, 0.5) is 11.8 Å². The van der Waals surface area contributed by atoms with Crippen LogP contribution in [0, 0.1) is 12.8 Å². The summed E-state index contributed by atoms with van der Waals surface area (Å²) in [4.78, 5) is 24.7. The Labute approximate surface area is 146 Å². The van der Waals surface area contributed by atoms with Crippen LogP contribution in [0.2, 0.25) is 0 Å². The molecule has 3 rings (SSSR count). The van der Waals surface area contributed by atoms with E-state index in [9.17, 15) is 9.90 Å². The molecule has 2 aromatic rings. The Balaban J connectivity index is 1.79. The van der Waals surface area contributed by atoms with Crippen LogP contribution in [0.3, 0.4) is 0 Å². The molecular weight excluding hydrogens is 322 g/mol. The molecule has 8 nitrogen and oxygen atoms in total. The molecule has 1 unspecified atom stereocenters. The summed E-state index contributed by atoms with van der Waals surface area (Å²) in [7, 11) is 1.80. The highest BCUT2D eigenvalue weighted by molar-refractivity contribution is 5.71. The summed E-state index contributed by atoms with van der Waals surface area (Å²) < 4.78 is 5.39. The van der Waals surface area contributed by atoms with E-state index in [4.69, 9.17) is 4.42 Å². The van der Waals surface area contributed by atoms with Gasteiger partial charge < -0.3 is 19.7 Å². The van der Waals surface area contributed by atoms with E-state index in [0.29, 0.717) is 32.1 Å². The molecule has 0 aromatic carbocycles. The quantitative estimate of drug-likeness (QED) is 0.841. The first-order chi connectivity index (χ1) is 12.0. The molecule has 1 atom stereocenters. The van der Waals surface area contributed by atoms with Crippen molar-refractivity contribution in [2.45, 2.75) is 13.5 Å². The number of aromatic nitrogens is 2. The Morgan fingerprint density at radius 3 is 2.92 bits per heavy atom. The molecule has 1 aliphatic rings. The first kappa shape index (κ1) is 17.2. The molecule has 1 fully saturated rings. The second-order valence-electron chi connectivity index (χ2n) is 6.24. The fraction of sp³-hybridized carbons (Fsp3) is 0.471. The Morgan fingerprint density at radius 2 is 2.24 bits per heavy atom. The number of nitrogens with zero attached hydrogens (tertiary/aromatic N) is 4. The van der Waals surface area contributed by atoms with Crippen LogP contribution in [0.1, 0.15) is 11.5 Å². The number of furan rings is 1. The van der Waals surface area contributed by atoms with E-state index in [0.717, 1.165) is 23.8 Å². The van der Waals surface area contributed by atoms with Gasteiger partial charge in [0.1, 0.15) is 11.6 Å². The average Bonchev–Trinajstić information content (AvgIpc) is 2.99. The van der Waals surface area contributed by atoms with Gasteiger partial charge in [-0.1, -0.05) is 0 Å². The van der Waals surface area contributed by atoms with E-state index in [1.54, 1.807) is 13.3 Å². The lowest BCUT2D eigenvalue weighted by Gasteiger charge is -2.22. The van der Waals surface area contributed by atoms with E-state index < -0.39 is 11.9 Å². The number of hydrogen-bond donors (Lipinski definition) is 2. The van der Waals surface area contributed by atoms with Crippen LogP contribution < -0.4 is 10.2 Å². The summed E-state index contributed by atoms with van der Waals surface area (Å²) in [5.74, 6) is 0.806. The van der Waals surface area contributed by atoms with Gasteiger partial charge in [-0.25, -0.2) is 4.98 Å². The molecule has 25 heavy (non-hydrogen) atoms. The molecule has 1 saturated heterocycles. The van der Waals surface area contributed by atoms with Gasteiger partial charge in [0.05, 0.1) is 18.7 Å². The van der Waals surface area contributed by atoms with E-state index in [1.165, 1.54) is 0 Å². The lowest BCUT2D eigenvalue weighted by molar-refractivity contribution is -0.141. The second kappa shape index (κ2) is 7.52. The number of carboxylic acid groups (broad SMARTS) is 1. The Bertz CT molecular complexity index is 719. The molecule has 2 N–H and O–H groups in total. The van der Waals surface area contributed by atoms with Crippen LogP contribution >= 0.6 is 0 Å². The number of aliphatic carboxylic acids is 1. The van der Waals surface area contributed by atoms with Crippen LogP contribution in [0.25, 0.3) is 0 Å². The van der Waals surface area contributed by atoms with Crippen LogP contribution in [0.5, 0.6) is 0 Å². The van der Waals surface area contributed by atoms with Crippen molar-refractivity contribution >= 4 is 17.7 Å². The average molecular weight is 345 g/mol. The summed E-state index contributed by atoms with van der Waals surface area (Å²) in [6.07, 6.45) is 1.63. The Kier molecular flexibility index (Phi) is 5.18. The zero-order valence-electron chi connectivity index (χ0n) is 14.5. The van der Waals surface area contributed by atoms with Crippen molar-refractivity contribution in [2.75, 3.05) is 43.4 Å². The van der Waals surface area contributed by atoms with Crippen molar-refractivity contribution < 1.29 is 14.3 Å². The molecule has 134 valence electrons. The third-order valence-corrected chi connectivity index (χ3v) is 4.30. The summed E-state index contributed by atoms with van der Waals surface area (Å²) in [5.41, 5.74) is 0.845. The normalized spacial score (nSPS) is 18.8. The van der Waals surface area contributed by atoms with Crippen molar-refractivity contribution in [1.82, 2.24) is 14.9 Å². The summed E-state index contributed by atoms with van der Waals surface area (Å²) in [6.45, 7) is 4.74. The van der Waals surface area contributed by atoms with Crippen molar-refractivity contribution in [1.29, 1.82) is 0 Å². The van der Waals surface area contributed by atoms with Gasteiger partial charge in [0.25, 0.3) is 0 Å². The summed E-state index contributed by atoms with van der Waals surface area (Å²) >= 11 is 0. The lowest BCUT2D eigenvalue weighted by atomic mass is 10.1. The van der Waals surface area contributed by atoms with Gasteiger partial charge in [0.15, 0.2) is 0 Å². The number of aryl methyl sites for hydroxylation is 1. The standard InChI is InChI=1S/C17H23N5O3/c1-12-8-15(18-2)20-17(19-12)22-6-5-21(9-13(10-22)16(23)24)11-14-4-3-7-25-14/h3-4,7-8,13H,5-6,9-11H2,1-2H3,(H,23,24)(H,18,19,20). The predicted octanol–water partition coefficient (Wildman–Crippen LogP) is 1.44. The zero-order valence-corrected chi connectivity index (χ0v) is 14.5. The molecule has 1 aliphatic heterocycles. The number of carbonyl (C=O) groups is 1. The molecule has 2 aromatic heterocycles. The number of anilines is 2. The van der Waals surface area contributed by atoms with Crippen LogP contribution in [-0.2, 0) is 11.3 Å². The van der Waals surface area contributed by atoms with Crippen molar-refractivity contribution in [3.8, 4) is 0 Å². The Morgan fingerprint density at radius 1 is 1.40 bits per heavy atom. The third kappa shape index (κ3) is 4.27. The van der Waals surface area contributed by atoms with Gasteiger partial charge in [-0.2, -0.15) is 4.98 Å². The number of rotatable bonds is 5. The van der Waals surface area contributed by atoms with E-state index >= 15 is 0 Å². The maximum absolute atomic E-state index is 11.7. The van der Waals surface area contributed by atoms with Crippen molar-refractivity contribution in [3.63, 3.8) is 0 Å². The minimum absolute atomic E-state index is 0.386. The van der Waals surface area contributed by atoms with Gasteiger partial charge in [-0.15, -0.1) is 0 Å². The molecule has 3 heterocycles. The predicted molar refractivity (Wildman–Crippen MR) is 93.6 cm³/mol. The fourth-order valence-corrected chi connectivity index (χ4v) is 3.01. The molecule has 0 bridgehead atoms. The summed E-state index contributed by atoms with van der Waals surface area (Å²) in [6, 6.07) is 5.61.